The highest BCUT2D eigenvalue weighted by Crippen LogP contribution is 2.22. The van der Waals surface area contributed by atoms with Crippen LogP contribution >= 0.6 is 0 Å². The van der Waals surface area contributed by atoms with Crippen LogP contribution in [0.2, 0.25) is 0 Å². The van der Waals surface area contributed by atoms with Gasteiger partial charge in [-0.2, -0.15) is 0 Å². The third-order valence-corrected chi connectivity index (χ3v) is 4.32. The summed E-state index contributed by atoms with van der Waals surface area (Å²) in [5.41, 5.74) is 0.866. The second-order valence-electron chi connectivity index (χ2n) is 5.94. The van der Waals surface area contributed by atoms with Crippen LogP contribution in [0, 0.1) is 5.82 Å². The van der Waals surface area contributed by atoms with Crippen molar-refractivity contribution in [3.8, 4) is 0 Å². The largest absolute Gasteiger partial charge is 0.373 e. The van der Waals surface area contributed by atoms with Crippen LogP contribution in [0.1, 0.15) is 18.4 Å². The van der Waals surface area contributed by atoms with Gasteiger partial charge in [-0.25, -0.2) is 9.18 Å². The maximum absolute atomic E-state index is 12.8. The Kier molecular flexibility index (Phi) is 4.90. The number of morpholine rings is 1. The van der Waals surface area contributed by atoms with Gasteiger partial charge in [0, 0.05) is 25.7 Å². The third-order valence-electron chi connectivity index (χ3n) is 4.32. The van der Waals surface area contributed by atoms with Crippen LogP contribution in [-0.2, 0) is 11.3 Å². The lowest BCUT2D eigenvalue weighted by atomic mass is 10.2. The lowest BCUT2D eigenvalue weighted by Crippen LogP contribution is -2.51. The maximum atomic E-state index is 12.8. The van der Waals surface area contributed by atoms with E-state index in [4.69, 9.17) is 4.74 Å². The molecule has 0 spiro atoms. The Morgan fingerprint density at radius 3 is 2.95 bits per heavy atom. The Morgan fingerprint density at radius 2 is 2.14 bits per heavy atom. The van der Waals surface area contributed by atoms with E-state index in [0.29, 0.717) is 19.1 Å². The van der Waals surface area contributed by atoms with Gasteiger partial charge in [0.15, 0.2) is 0 Å². The molecule has 2 N–H and O–H groups in total. The Bertz CT molecular complexity index is 509. The molecule has 1 aromatic rings. The van der Waals surface area contributed by atoms with Crippen LogP contribution in [0.25, 0.3) is 0 Å². The molecule has 2 heterocycles. The highest BCUT2D eigenvalue weighted by Gasteiger charge is 2.32. The number of fused-ring (bicyclic) bond motifs is 1. The Balaban J connectivity index is 1.36. The van der Waals surface area contributed by atoms with Gasteiger partial charge in [-0.1, -0.05) is 12.1 Å². The minimum atomic E-state index is -0.275. The van der Waals surface area contributed by atoms with Crippen molar-refractivity contribution >= 4 is 6.03 Å². The van der Waals surface area contributed by atoms with Crippen LogP contribution in [0.3, 0.4) is 0 Å². The van der Waals surface area contributed by atoms with E-state index in [1.54, 1.807) is 12.1 Å². The van der Waals surface area contributed by atoms with Crippen molar-refractivity contribution in [1.29, 1.82) is 0 Å². The Hall–Kier alpha value is -1.66. The number of carbonyl (C=O) groups excluding carboxylic acids is 1. The molecular formula is C16H22FN3O2. The van der Waals surface area contributed by atoms with Crippen LogP contribution in [0.5, 0.6) is 0 Å². The van der Waals surface area contributed by atoms with Crippen molar-refractivity contribution in [1.82, 2.24) is 15.5 Å². The second-order valence-corrected chi connectivity index (χ2v) is 5.94. The molecule has 2 aliphatic rings. The molecular weight excluding hydrogens is 285 g/mol. The number of rotatable bonds is 4. The first kappa shape index (κ1) is 15.2. The van der Waals surface area contributed by atoms with Crippen molar-refractivity contribution in [2.24, 2.45) is 0 Å². The van der Waals surface area contributed by atoms with Crippen molar-refractivity contribution in [2.45, 2.75) is 31.5 Å². The monoisotopic (exact) mass is 307 g/mol. The number of hydrogen-bond donors (Lipinski definition) is 2. The fraction of sp³-hybridized carbons (Fsp3) is 0.562. The van der Waals surface area contributed by atoms with E-state index in [1.165, 1.54) is 25.0 Å². The average Bonchev–Trinajstić information content (AvgIpc) is 3.00. The van der Waals surface area contributed by atoms with Crippen LogP contribution in [0.15, 0.2) is 24.3 Å². The SMILES string of the molecule is O=C(NCc1ccc(F)cc1)NC[C@H]1CN2CCC[C@@H]2CO1. The standard InChI is InChI=1S/C16H22FN3O2/c17-13-5-3-12(4-6-13)8-18-16(21)19-9-15-10-20-7-1-2-14(20)11-22-15/h3-6,14-15H,1-2,7-11H2,(H2,18,19,21)/t14-,15+/m1/s1. The summed E-state index contributed by atoms with van der Waals surface area (Å²) in [5, 5.41) is 5.60. The van der Waals surface area contributed by atoms with Gasteiger partial charge in [0.25, 0.3) is 0 Å². The zero-order valence-corrected chi connectivity index (χ0v) is 12.6. The smallest absolute Gasteiger partial charge is 0.315 e. The van der Waals surface area contributed by atoms with Gasteiger partial charge in [-0.05, 0) is 37.1 Å². The van der Waals surface area contributed by atoms with E-state index in [9.17, 15) is 9.18 Å². The van der Waals surface area contributed by atoms with Crippen molar-refractivity contribution in [3.05, 3.63) is 35.6 Å². The fourth-order valence-corrected chi connectivity index (χ4v) is 3.06. The van der Waals surface area contributed by atoms with Gasteiger partial charge in [0.05, 0.1) is 12.7 Å². The van der Waals surface area contributed by atoms with E-state index < -0.39 is 0 Å². The molecule has 0 aromatic heterocycles. The number of urea groups is 1. The van der Waals surface area contributed by atoms with Gasteiger partial charge in [-0.15, -0.1) is 0 Å². The van der Waals surface area contributed by atoms with E-state index in [1.807, 2.05) is 0 Å². The minimum absolute atomic E-state index is 0.0610. The molecule has 2 amide bonds. The number of carbonyl (C=O) groups is 1. The minimum Gasteiger partial charge on any atom is -0.373 e. The first-order valence-corrected chi connectivity index (χ1v) is 7.82. The molecule has 0 radical (unpaired) electrons. The molecule has 22 heavy (non-hydrogen) atoms. The summed E-state index contributed by atoms with van der Waals surface area (Å²) in [4.78, 5) is 14.2. The molecule has 0 unspecified atom stereocenters. The maximum Gasteiger partial charge on any atom is 0.315 e. The number of hydrogen-bond acceptors (Lipinski definition) is 3. The van der Waals surface area contributed by atoms with Gasteiger partial charge in [-0.3, -0.25) is 4.90 Å². The van der Waals surface area contributed by atoms with E-state index in [-0.39, 0.29) is 18.0 Å². The molecule has 0 bridgehead atoms. The normalized spacial score (nSPS) is 24.8. The third kappa shape index (κ3) is 3.96. The molecule has 1 aromatic carbocycles. The van der Waals surface area contributed by atoms with Gasteiger partial charge in [0.1, 0.15) is 5.82 Å². The topological polar surface area (TPSA) is 53.6 Å². The zero-order valence-electron chi connectivity index (χ0n) is 12.6. The molecule has 2 saturated heterocycles. The first-order valence-electron chi connectivity index (χ1n) is 7.82. The number of halogens is 1. The summed E-state index contributed by atoms with van der Waals surface area (Å²) in [7, 11) is 0. The van der Waals surface area contributed by atoms with Crippen molar-refractivity contribution in [2.75, 3.05) is 26.2 Å². The molecule has 0 aliphatic carbocycles. The highest BCUT2D eigenvalue weighted by atomic mass is 19.1. The molecule has 2 fully saturated rings. The number of amides is 2. The first-order chi connectivity index (χ1) is 10.7. The summed E-state index contributed by atoms with van der Waals surface area (Å²) in [6, 6.07) is 6.44. The van der Waals surface area contributed by atoms with E-state index in [0.717, 1.165) is 25.3 Å². The second kappa shape index (κ2) is 7.07. The lowest BCUT2D eigenvalue weighted by molar-refractivity contribution is -0.0457. The summed E-state index contributed by atoms with van der Waals surface area (Å²) in [5.74, 6) is -0.275. The Morgan fingerprint density at radius 1 is 1.32 bits per heavy atom. The predicted octanol–water partition coefficient (Wildman–Crippen LogP) is 1.49. The average molecular weight is 307 g/mol. The van der Waals surface area contributed by atoms with Crippen LogP contribution in [-0.4, -0.2) is 49.3 Å². The van der Waals surface area contributed by atoms with Crippen molar-refractivity contribution in [3.63, 3.8) is 0 Å². The number of benzene rings is 1. The molecule has 0 saturated carbocycles. The van der Waals surface area contributed by atoms with Gasteiger partial charge < -0.3 is 15.4 Å². The van der Waals surface area contributed by atoms with Crippen LogP contribution in [0.4, 0.5) is 9.18 Å². The predicted molar refractivity (Wildman–Crippen MR) is 81.0 cm³/mol. The summed E-state index contributed by atoms with van der Waals surface area (Å²) in [6.45, 7) is 3.69. The summed E-state index contributed by atoms with van der Waals surface area (Å²) in [6.07, 6.45) is 2.52. The van der Waals surface area contributed by atoms with Crippen molar-refractivity contribution < 1.29 is 13.9 Å². The zero-order chi connectivity index (χ0) is 15.4. The molecule has 3 rings (SSSR count). The lowest BCUT2D eigenvalue weighted by Gasteiger charge is -2.35. The molecule has 2 atom stereocenters. The van der Waals surface area contributed by atoms with Crippen LogP contribution < -0.4 is 10.6 Å². The van der Waals surface area contributed by atoms with E-state index >= 15 is 0 Å². The van der Waals surface area contributed by atoms with Gasteiger partial charge in [0.2, 0.25) is 0 Å². The molecule has 2 aliphatic heterocycles. The number of nitrogens with zero attached hydrogens (tertiary/aromatic N) is 1. The summed E-state index contributed by atoms with van der Waals surface area (Å²) >= 11 is 0. The van der Waals surface area contributed by atoms with E-state index in [2.05, 4.69) is 15.5 Å². The van der Waals surface area contributed by atoms with Gasteiger partial charge >= 0.3 is 6.03 Å². The summed E-state index contributed by atoms with van der Waals surface area (Å²) < 4.78 is 18.6. The number of ether oxygens (including phenoxy) is 1. The highest BCUT2D eigenvalue weighted by molar-refractivity contribution is 5.73. The molecule has 5 nitrogen and oxygen atoms in total. The Labute approximate surface area is 129 Å². The molecule has 6 heteroatoms. The molecule has 120 valence electrons. The number of nitrogens with one attached hydrogen (secondary N) is 2. The fourth-order valence-electron chi connectivity index (χ4n) is 3.06. The quantitative estimate of drug-likeness (QED) is 0.886.